The quantitative estimate of drug-likeness (QED) is 0.833. The molecule has 1 heterocycles. The summed E-state index contributed by atoms with van der Waals surface area (Å²) in [5, 5.41) is 4.35. The van der Waals surface area contributed by atoms with Gasteiger partial charge in [0.15, 0.2) is 0 Å². The van der Waals surface area contributed by atoms with Crippen molar-refractivity contribution in [1.82, 2.24) is 9.78 Å². The fourth-order valence-electron chi connectivity index (χ4n) is 1.87. The van der Waals surface area contributed by atoms with Crippen LogP contribution in [0.1, 0.15) is 28.4 Å². The van der Waals surface area contributed by atoms with Gasteiger partial charge in [0, 0.05) is 13.2 Å². The normalized spacial score (nSPS) is 12.8. The maximum absolute atomic E-state index is 6.22. The van der Waals surface area contributed by atoms with Crippen molar-refractivity contribution in [3.63, 3.8) is 0 Å². The molecule has 0 saturated heterocycles. The Balaban J connectivity index is 2.41. The Bertz CT molecular complexity index is 500. The second kappa shape index (κ2) is 4.10. The lowest BCUT2D eigenvalue weighted by atomic mass is 9.96. The van der Waals surface area contributed by atoms with Crippen molar-refractivity contribution in [2.75, 3.05) is 0 Å². The van der Waals surface area contributed by atoms with E-state index in [1.165, 1.54) is 11.1 Å². The van der Waals surface area contributed by atoms with Crippen LogP contribution in [-0.4, -0.2) is 9.78 Å². The van der Waals surface area contributed by atoms with Gasteiger partial charge < -0.3 is 5.73 Å². The molecule has 3 nitrogen and oxygen atoms in total. The lowest BCUT2D eigenvalue weighted by Gasteiger charge is -2.14. The largest absolute Gasteiger partial charge is 0.319 e. The molecule has 2 rings (SSSR count). The van der Waals surface area contributed by atoms with Crippen LogP contribution in [-0.2, 0) is 7.05 Å². The Morgan fingerprint density at radius 1 is 1.25 bits per heavy atom. The summed E-state index contributed by atoms with van der Waals surface area (Å²) < 4.78 is 1.78. The third-order valence-electron chi connectivity index (χ3n) is 3.03. The summed E-state index contributed by atoms with van der Waals surface area (Å²) in [6, 6.07) is 8.04. The van der Waals surface area contributed by atoms with Gasteiger partial charge >= 0.3 is 0 Å². The molecule has 84 valence electrons. The smallest absolute Gasteiger partial charge is 0.0837 e. The summed E-state index contributed by atoms with van der Waals surface area (Å²) in [5.41, 5.74) is 10.8. The second-order valence-electron chi connectivity index (χ2n) is 4.18. The fraction of sp³-hybridized carbons (Fsp3) is 0.308. The van der Waals surface area contributed by atoms with Crippen LogP contribution in [0.3, 0.4) is 0 Å². The van der Waals surface area contributed by atoms with Crippen molar-refractivity contribution in [2.45, 2.75) is 19.9 Å². The van der Waals surface area contributed by atoms with Crippen LogP contribution in [0.5, 0.6) is 0 Å². The van der Waals surface area contributed by atoms with E-state index < -0.39 is 0 Å². The van der Waals surface area contributed by atoms with Crippen molar-refractivity contribution in [3.8, 4) is 0 Å². The van der Waals surface area contributed by atoms with Crippen molar-refractivity contribution < 1.29 is 0 Å². The van der Waals surface area contributed by atoms with Gasteiger partial charge in [-0.25, -0.2) is 0 Å². The number of hydrogen-bond donors (Lipinski definition) is 1. The molecule has 0 fully saturated rings. The highest BCUT2D eigenvalue weighted by Gasteiger charge is 2.14. The van der Waals surface area contributed by atoms with Crippen LogP contribution < -0.4 is 5.73 Å². The highest BCUT2D eigenvalue weighted by molar-refractivity contribution is 5.38. The predicted octanol–water partition coefficient (Wildman–Crippen LogP) is 2.09. The van der Waals surface area contributed by atoms with Gasteiger partial charge in [0.05, 0.1) is 11.7 Å². The van der Waals surface area contributed by atoms with E-state index in [9.17, 15) is 0 Å². The summed E-state index contributed by atoms with van der Waals surface area (Å²) in [6.45, 7) is 4.21. The van der Waals surface area contributed by atoms with Crippen molar-refractivity contribution >= 4 is 0 Å². The molecule has 0 saturated carbocycles. The lowest BCUT2D eigenvalue weighted by molar-refractivity contribution is 0.714. The van der Waals surface area contributed by atoms with Gasteiger partial charge in [-0.15, -0.1) is 0 Å². The highest BCUT2D eigenvalue weighted by Crippen LogP contribution is 2.23. The molecular weight excluding hydrogens is 198 g/mol. The number of benzene rings is 1. The molecule has 0 spiro atoms. The maximum Gasteiger partial charge on any atom is 0.0837 e. The summed E-state index contributed by atoms with van der Waals surface area (Å²) >= 11 is 0. The minimum absolute atomic E-state index is 0.138. The van der Waals surface area contributed by atoms with E-state index in [-0.39, 0.29) is 6.04 Å². The molecule has 16 heavy (non-hydrogen) atoms. The predicted molar refractivity (Wildman–Crippen MR) is 65.2 cm³/mol. The zero-order valence-corrected chi connectivity index (χ0v) is 9.94. The van der Waals surface area contributed by atoms with Crippen LogP contribution >= 0.6 is 0 Å². The number of hydrogen-bond acceptors (Lipinski definition) is 2. The second-order valence-corrected chi connectivity index (χ2v) is 4.18. The number of aryl methyl sites for hydroxylation is 2. The maximum atomic E-state index is 6.22. The molecule has 2 aromatic rings. The highest BCUT2D eigenvalue weighted by atomic mass is 15.3. The zero-order valence-electron chi connectivity index (χ0n) is 9.94. The molecule has 1 unspecified atom stereocenters. The molecule has 0 amide bonds. The number of nitrogens with two attached hydrogens (primary N) is 1. The molecule has 0 aliphatic rings. The molecule has 1 aromatic heterocycles. The van der Waals surface area contributed by atoms with Gasteiger partial charge in [-0.05, 0) is 36.6 Å². The first kappa shape index (κ1) is 10.9. The number of rotatable bonds is 2. The van der Waals surface area contributed by atoms with Crippen LogP contribution in [0.4, 0.5) is 0 Å². The Hall–Kier alpha value is -1.61. The van der Waals surface area contributed by atoms with E-state index in [1.807, 2.05) is 25.4 Å². The van der Waals surface area contributed by atoms with Gasteiger partial charge in [0.1, 0.15) is 0 Å². The van der Waals surface area contributed by atoms with Gasteiger partial charge in [0.2, 0.25) is 0 Å². The van der Waals surface area contributed by atoms with E-state index in [1.54, 1.807) is 4.68 Å². The van der Waals surface area contributed by atoms with E-state index >= 15 is 0 Å². The molecule has 0 aliphatic carbocycles. The minimum Gasteiger partial charge on any atom is -0.319 e. The number of nitrogens with zero attached hydrogens (tertiary/aromatic N) is 2. The van der Waals surface area contributed by atoms with Crippen molar-refractivity contribution in [1.29, 1.82) is 0 Å². The van der Waals surface area contributed by atoms with Crippen LogP contribution in [0.2, 0.25) is 0 Å². The van der Waals surface area contributed by atoms with Crippen molar-refractivity contribution in [2.24, 2.45) is 12.8 Å². The standard InChI is InChI=1S/C13H17N3/c1-9-5-4-6-11(10(9)2)13(14)12-7-8-16(3)15-12/h4-8,13H,14H2,1-3H3. The number of aromatic nitrogens is 2. The summed E-state index contributed by atoms with van der Waals surface area (Å²) in [6.07, 6.45) is 1.92. The summed E-state index contributed by atoms with van der Waals surface area (Å²) in [4.78, 5) is 0. The molecular formula is C13H17N3. The SMILES string of the molecule is Cc1cccc(C(N)c2ccn(C)n2)c1C. The van der Waals surface area contributed by atoms with E-state index in [4.69, 9.17) is 5.73 Å². The third kappa shape index (κ3) is 1.86. The molecule has 1 aromatic carbocycles. The van der Waals surface area contributed by atoms with Gasteiger partial charge in [-0.1, -0.05) is 18.2 Å². The molecule has 1 atom stereocenters. The molecule has 2 N–H and O–H groups in total. The molecule has 0 aliphatic heterocycles. The fourth-order valence-corrected chi connectivity index (χ4v) is 1.87. The molecule has 3 heteroatoms. The Morgan fingerprint density at radius 3 is 2.62 bits per heavy atom. The minimum atomic E-state index is -0.138. The monoisotopic (exact) mass is 215 g/mol. The average Bonchev–Trinajstić information content (AvgIpc) is 2.68. The van der Waals surface area contributed by atoms with E-state index in [2.05, 4.69) is 31.1 Å². The molecule has 0 radical (unpaired) electrons. The topological polar surface area (TPSA) is 43.8 Å². The lowest BCUT2D eigenvalue weighted by Crippen LogP contribution is -2.14. The van der Waals surface area contributed by atoms with Crippen molar-refractivity contribution in [3.05, 3.63) is 52.8 Å². The zero-order chi connectivity index (χ0) is 11.7. The third-order valence-corrected chi connectivity index (χ3v) is 3.03. The van der Waals surface area contributed by atoms with E-state index in [0.717, 1.165) is 11.3 Å². The first-order valence-electron chi connectivity index (χ1n) is 5.41. The first-order valence-corrected chi connectivity index (χ1v) is 5.41. The first-order chi connectivity index (χ1) is 7.59. The Labute approximate surface area is 95.9 Å². The Kier molecular flexibility index (Phi) is 2.79. The van der Waals surface area contributed by atoms with Crippen LogP contribution in [0, 0.1) is 13.8 Å². The summed E-state index contributed by atoms with van der Waals surface area (Å²) in [5.74, 6) is 0. The van der Waals surface area contributed by atoms with Crippen LogP contribution in [0.15, 0.2) is 30.5 Å². The van der Waals surface area contributed by atoms with Gasteiger partial charge in [-0.2, -0.15) is 5.10 Å². The summed E-state index contributed by atoms with van der Waals surface area (Å²) in [7, 11) is 1.90. The van der Waals surface area contributed by atoms with Gasteiger partial charge in [-0.3, -0.25) is 4.68 Å². The van der Waals surface area contributed by atoms with Crippen LogP contribution in [0.25, 0.3) is 0 Å². The van der Waals surface area contributed by atoms with Gasteiger partial charge in [0.25, 0.3) is 0 Å². The molecule has 0 bridgehead atoms. The average molecular weight is 215 g/mol. The Morgan fingerprint density at radius 2 is 2.00 bits per heavy atom. The van der Waals surface area contributed by atoms with E-state index in [0.29, 0.717) is 0 Å².